The summed E-state index contributed by atoms with van der Waals surface area (Å²) in [5.74, 6) is 0.336. The minimum atomic E-state index is -0.295. The van der Waals surface area contributed by atoms with Gasteiger partial charge in [-0.25, -0.2) is 9.97 Å². The van der Waals surface area contributed by atoms with Gasteiger partial charge in [-0.05, 0) is 49.5 Å². The summed E-state index contributed by atoms with van der Waals surface area (Å²) < 4.78 is 1.48. The third kappa shape index (κ3) is 4.33. The average molecular weight is 463 g/mol. The van der Waals surface area contributed by atoms with Crippen molar-refractivity contribution in [3.8, 4) is 5.69 Å². The predicted molar refractivity (Wildman–Crippen MR) is 132 cm³/mol. The molecule has 0 aliphatic carbocycles. The Kier molecular flexibility index (Phi) is 5.57. The fourth-order valence-electron chi connectivity index (χ4n) is 3.86. The first-order valence-corrected chi connectivity index (χ1v) is 11.0. The van der Waals surface area contributed by atoms with Crippen LogP contribution in [0.5, 0.6) is 0 Å². The smallest absolute Gasteiger partial charge is 0.275 e. The highest BCUT2D eigenvalue weighted by Crippen LogP contribution is 2.30. The molecule has 5 rings (SSSR count). The molecule has 1 aliphatic rings. The number of rotatable bonds is 4. The number of halogens is 1. The van der Waals surface area contributed by atoms with E-state index in [1.165, 1.54) is 10.8 Å². The quantitative estimate of drug-likeness (QED) is 0.446. The Labute approximate surface area is 195 Å². The maximum absolute atomic E-state index is 12.6. The molecule has 168 valence electrons. The minimum Gasteiger partial charge on any atom is -0.399 e. The van der Waals surface area contributed by atoms with E-state index in [-0.39, 0.29) is 5.56 Å². The monoisotopic (exact) mass is 462 g/mol. The Morgan fingerprint density at radius 1 is 1.00 bits per heavy atom. The fraction of sp³-hybridized carbons (Fsp3) is 0.217. The van der Waals surface area contributed by atoms with Crippen LogP contribution in [0.15, 0.2) is 59.7 Å². The molecule has 33 heavy (non-hydrogen) atoms. The van der Waals surface area contributed by atoms with Crippen LogP contribution in [0.4, 0.5) is 23.0 Å². The van der Waals surface area contributed by atoms with Gasteiger partial charge in [0.2, 0.25) is 5.95 Å². The van der Waals surface area contributed by atoms with Gasteiger partial charge in [0.25, 0.3) is 5.56 Å². The van der Waals surface area contributed by atoms with Crippen LogP contribution in [-0.2, 0) is 0 Å². The number of nitrogens with two attached hydrogens (primary N) is 1. The van der Waals surface area contributed by atoms with Crippen LogP contribution >= 0.6 is 11.6 Å². The summed E-state index contributed by atoms with van der Waals surface area (Å²) in [5, 5.41) is 3.84. The number of piperazine rings is 1. The first-order valence-electron chi connectivity index (χ1n) is 10.6. The van der Waals surface area contributed by atoms with E-state index in [1.54, 1.807) is 30.5 Å². The highest BCUT2D eigenvalue weighted by molar-refractivity contribution is 6.33. The lowest BCUT2D eigenvalue weighted by Gasteiger charge is -2.34. The van der Waals surface area contributed by atoms with Gasteiger partial charge in [0.15, 0.2) is 5.65 Å². The van der Waals surface area contributed by atoms with Crippen LogP contribution in [0.25, 0.3) is 16.9 Å². The maximum atomic E-state index is 12.6. The Balaban J connectivity index is 1.46. The molecule has 0 amide bonds. The van der Waals surface area contributed by atoms with Crippen molar-refractivity contribution in [1.29, 1.82) is 0 Å². The molecule has 2 aromatic carbocycles. The maximum Gasteiger partial charge on any atom is 0.275 e. The van der Waals surface area contributed by atoms with Gasteiger partial charge in [0.05, 0.1) is 28.8 Å². The summed E-state index contributed by atoms with van der Waals surface area (Å²) in [6.45, 7) is 3.88. The van der Waals surface area contributed by atoms with Gasteiger partial charge in [0, 0.05) is 37.6 Å². The average Bonchev–Trinajstić information content (AvgIpc) is 2.81. The van der Waals surface area contributed by atoms with Crippen molar-refractivity contribution in [3.63, 3.8) is 0 Å². The van der Waals surface area contributed by atoms with Gasteiger partial charge in [-0.1, -0.05) is 11.6 Å². The van der Waals surface area contributed by atoms with Crippen LogP contribution in [-0.4, -0.2) is 57.6 Å². The van der Waals surface area contributed by atoms with E-state index in [2.05, 4.69) is 37.1 Å². The summed E-state index contributed by atoms with van der Waals surface area (Å²) in [5.41, 5.74) is 9.41. The van der Waals surface area contributed by atoms with E-state index in [0.29, 0.717) is 33.5 Å². The predicted octanol–water partition coefficient (Wildman–Crippen LogP) is 2.91. The van der Waals surface area contributed by atoms with Crippen molar-refractivity contribution >= 4 is 45.8 Å². The number of likely N-dealkylation sites (N-methyl/N-ethyl adjacent to an activating group) is 1. The van der Waals surface area contributed by atoms with E-state index < -0.39 is 0 Å². The normalized spacial score (nSPS) is 14.5. The molecular formula is C23H23ClN8O. The number of hydrogen-bond donors (Lipinski definition) is 2. The highest BCUT2D eigenvalue weighted by Gasteiger charge is 2.17. The molecule has 0 atom stereocenters. The zero-order valence-electron chi connectivity index (χ0n) is 18.1. The summed E-state index contributed by atoms with van der Waals surface area (Å²) in [6, 6.07) is 12.8. The van der Waals surface area contributed by atoms with Crippen LogP contribution in [0.1, 0.15) is 0 Å². The number of nitrogen functional groups attached to an aromatic ring is 1. The summed E-state index contributed by atoms with van der Waals surface area (Å²) >= 11 is 6.60. The zero-order chi connectivity index (χ0) is 22.9. The molecule has 0 spiro atoms. The van der Waals surface area contributed by atoms with E-state index in [4.69, 9.17) is 17.3 Å². The molecule has 0 radical (unpaired) electrons. The Hall–Kier alpha value is -3.69. The van der Waals surface area contributed by atoms with Crippen molar-refractivity contribution < 1.29 is 0 Å². The molecule has 3 heterocycles. The molecule has 1 saturated heterocycles. The molecule has 1 aliphatic heterocycles. The van der Waals surface area contributed by atoms with Crippen LogP contribution in [0.2, 0.25) is 5.02 Å². The lowest BCUT2D eigenvalue weighted by atomic mass is 10.2. The molecule has 3 N–H and O–H groups in total. The Bertz CT molecular complexity index is 1360. The number of fused-ring (bicyclic) bond motifs is 1. The lowest BCUT2D eigenvalue weighted by Crippen LogP contribution is -2.44. The standard InChI is InChI=1S/C23H23ClN8O/c1-30-8-10-31(11-9-30)20-7-4-16(12-18(20)24)28-23-27-13-19-22(29-23)32(21(33)14-26-19)17-5-2-15(25)3-6-17/h2-7,12-14H,8-11,25H2,1H3,(H,27,28,29). The number of hydrogen-bond acceptors (Lipinski definition) is 8. The van der Waals surface area contributed by atoms with E-state index in [1.807, 2.05) is 18.2 Å². The number of aromatic nitrogens is 4. The number of nitrogens with zero attached hydrogens (tertiary/aromatic N) is 6. The highest BCUT2D eigenvalue weighted by atomic mass is 35.5. The second-order valence-corrected chi connectivity index (χ2v) is 8.41. The van der Waals surface area contributed by atoms with Crippen molar-refractivity contribution in [1.82, 2.24) is 24.4 Å². The molecule has 2 aromatic heterocycles. The van der Waals surface area contributed by atoms with Crippen LogP contribution in [0.3, 0.4) is 0 Å². The number of benzene rings is 2. The van der Waals surface area contributed by atoms with Gasteiger partial charge < -0.3 is 20.9 Å². The van der Waals surface area contributed by atoms with Crippen molar-refractivity contribution in [2.75, 3.05) is 49.2 Å². The lowest BCUT2D eigenvalue weighted by molar-refractivity contribution is 0.313. The SMILES string of the molecule is CN1CCN(c2ccc(Nc3ncc4ncc(=O)n(-c5ccc(N)cc5)c4n3)cc2Cl)CC1. The second kappa shape index (κ2) is 8.68. The van der Waals surface area contributed by atoms with E-state index in [0.717, 1.165) is 37.6 Å². The summed E-state index contributed by atoms with van der Waals surface area (Å²) in [6.07, 6.45) is 2.84. The molecule has 0 unspecified atom stereocenters. The molecule has 10 heteroatoms. The van der Waals surface area contributed by atoms with E-state index in [9.17, 15) is 4.79 Å². The Morgan fingerprint density at radius 2 is 1.76 bits per heavy atom. The first kappa shape index (κ1) is 21.2. The molecule has 0 bridgehead atoms. The van der Waals surface area contributed by atoms with Gasteiger partial charge in [-0.15, -0.1) is 0 Å². The number of nitrogens with one attached hydrogen (secondary N) is 1. The van der Waals surface area contributed by atoms with Gasteiger partial charge in [-0.2, -0.15) is 4.98 Å². The van der Waals surface area contributed by atoms with Crippen molar-refractivity contribution in [2.24, 2.45) is 0 Å². The van der Waals surface area contributed by atoms with E-state index >= 15 is 0 Å². The van der Waals surface area contributed by atoms with Gasteiger partial charge in [0.1, 0.15) is 5.52 Å². The topological polar surface area (TPSA) is 105 Å². The van der Waals surface area contributed by atoms with Crippen LogP contribution in [0, 0.1) is 0 Å². The Morgan fingerprint density at radius 3 is 2.48 bits per heavy atom. The van der Waals surface area contributed by atoms with Crippen LogP contribution < -0.4 is 21.5 Å². The van der Waals surface area contributed by atoms with Gasteiger partial charge in [-0.3, -0.25) is 9.36 Å². The first-order chi connectivity index (χ1) is 16.0. The minimum absolute atomic E-state index is 0.295. The largest absolute Gasteiger partial charge is 0.399 e. The summed E-state index contributed by atoms with van der Waals surface area (Å²) in [4.78, 5) is 30.3. The second-order valence-electron chi connectivity index (χ2n) is 8.01. The van der Waals surface area contributed by atoms with Gasteiger partial charge >= 0.3 is 0 Å². The van der Waals surface area contributed by atoms with Crippen molar-refractivity contribution in [2.45, 2.75) is 0 Å². The van der Waals surface area contributed by atoms with Crippen molar-refractivity contribution in [3.05, 3.63) is 70.2 Å². The third-order valence-corrected chi connectivity index (χ3v) is 6.00. The number of anilines is 4. The third-order valence-electron chi connectivity index (χ3n) is 5.70. The summed E-state index contributed by atoms with van der Waals surface area (Å²) in [7, 11) is 2.12. The molecule has 4 aromatic rings. The molecule has 9 nitrogen and oxygen atoms in total. The fourth-order valence-corrected chi connectivity index (χ4v) is 4.16. The molecule has 0 saturated carbocycles. The molecular weight excluding hydrogens is 440 g/mol. The zero-order valence-corrected chi connectivity index (χ0v) is 18.8. The molecule has 1 fully saturated rings.